The van der Waals surface area contributed by atoms with E-state index in [1.165, 1.54) is 26.4 Å². The van der Waals surface area contributed by atoms with Gasteiger partial charge in [-0.05, 0) is 11.6 Å². The molecule has 114 valence electrons. The van der Waals surface area contributed by atoms with Gasteiger partial charge in [-0.25, -0.2) is 13.2 Å². The molecule has 0 spiro atoms. The molecular formula is C12H11NaO8S. The van der Waals surface area contributed by atoms with E-state index in [9.17, 15) is 17.8 Å². The van der Waals surface area contributed by atoms with Crippen molar-refractivity contribution in [1.29, 1.82) is 0 Å². The molecule has 0 amide bonds. The molecule has 0 saturated carbocycles. The van der Waals surface area contributed by atoms with Gasteiger partial charge in [-0.2, -0.15) is 0 Å². The molecule has 0 radical (unpaired) electrons. The fourth-order valence-corrected chi connectivity index (χ4v) is 2.08. The number of methoxy groups -OCH3 is 2. The van der Waals surface area contributed by atoms with E-state index in [-0.39, 0.29) is 40.7 Å². The summed E-state index contributed by atoms with van der Waals surface area (Å²) in [6, 6.07) is 3.96. The Kier molecular flexibility index (Phi) is 6.41. The van der Waals surface area contributed by atoms with Gasteiger partial charge in [0, 0.05) is 17.5 Å². The molecule has 0 saturated heterocycles. The Morgan fingerprint density at radius 3 is 2.27 bits per heavy atom. The van der Waals surface area contributed by atoms with Gasteiger partial charge < -0.3 is 18.4 Å². The maximum absolute atomic E-state index is 11.5. The van der Waals surface area contributed by atoms with Crippen molar-refractivity contribution in [2.75, 3.05) is 14.2 Å². The molecule has 10 heteroatoms. The largest absolute Gasteiger partial charge is 1.00 e. The molecule has 0 aliphatic heterocycles. The van der Waals surface area contributed by atoms with E-state index >= 15 is 0 Å². The minimum absolute atomic E-state index is 0. The molecule has 0 N–H and O–H groups in total. The van der Waals surface area contributed by atoms with E-state index in [2.05, 4.69) is 4.18 Å². The number of ether oxygens (including phenoxy) is 2. The third-order valence-electron chi connectivity index (χ3n) is 2.69. The van der Waals surface area contributed by atoms with Crippen molar-refractivity contribution in [1.82, 2.24) is 0 Å². The Morgan fingerprint density at radius 2 is 1.73 bits per heavy atom. The van der Waals surface area contributed by atoms with Crippen LogP contribution in [0, 0.1) is 0 Å². The molecule has 0 atom stereocenters. The molecule has 0 unspecified atom stereocenters. The fraction of sp³-hybridized carbons (Fsp3) is 0.250. The van der Waals surface area contributed by atoms with Crippen molar-refractivity contribution in [2.24, 2.45) is 0 Å². The summed E-state index contributed by atoms with van der Waals surface area (Å²) >= 11 is 0. The molecule has 8 nitrogen and oxygen atoms in total. The second-order valence-electron chi connectivity index (χ2n) is 3.96. The van der Waals surface area contributed by atoms with Crippen LogP contribution in [0.2, 0.25) is 0 Å². The van der Waals surface area contributed by atoms with Crippen molar-refractivity contribution in [2.45, 2.75) is 6.61 Å². The SMILES string of the molecule is COc1cc2oc(=O)cc(COS(=O)(=O)[O-])c2cc1OC.[Na+]. The van der Waals surface area contributed by atoms with Crippen LogP contribution in [-0.4, -0.2) is 27.2 Å². The molecule has 2 rings (SSSR count). The summed E-state index contributed by atoms with van der Waals surface area (Å²) in [7, 11) is -2.04. The van der Waals surface area contributed by atoms with E-state index in [0.29, 0.717) is 16.9 Å². The maximum atomic E-state index is 11.5. The van der Waals surface area contributed by atoms with Crippen molar-refractivity contribution < 1.29 is 60.6 Å². The molecule has 2 aromatic rings. The van der Waals surface area contributed by atoms with Gasteiger partial charge in [0.15, 0.2) is 11.5 Å². The first-order valence-electron chi connectivity index (χ1n) is 5.63. The predicted molar refractivity (Wildman–Crippen MR) is 70.1 cm³/mol. The van der Waals surface area contributed by atoms with Crippen LogP contribution in [0.3, 0.4) is 0 Å². The zero-order chi connectivity index (χ0) is 15.6. The van der Waals surface area contributed by atoms with Crippen molar-refractivity contribution in [3.8, 4) is 11.5 Å². The summed E-state index contributed by atoms with van der Waals surface area (Å²) < 4.78 is 50.9. The van der Waals surface area contributed by atoms with E-state index in [1.807, 2.05) is 0 Å². The molecular weight excluding hydrogens is 327 g/mol. The van der Waals surface area contributed by atoms with Crippen LogP contribution in [0.4, 0.5) is 0 Å². The molecule has 0 fully saturated rings. The second-order valence-corrected chi connectivity index (χ2v) is 5.02. The van der Waals surface area contributed by atoms with Crippen molar-refractivity contribution >= 4 is 21.4 Å². The summed E-state index contributed by atoms with van der Waals surface area (Å²) in [4.78, 5) is 11.5. The van der Waals surface area contributed by atoms with E-state index in [1.54, 1.807) is 0 Å². The first-order chi connectivity index (χ1) is 9.84. The zero-order valence-electron chi connectivity index (χ0n) is 12.1. The number of fused-ring (bicyclic) bond motifs is 1. The van der Waals surface area contributed by atoms with Gasteiger partial charge in [0.2, 0.25) is 10.4 Å². The van der Waals surface area contributed by atoms with Crippen LogP contribution >= 0.6 is 0 Å². The van der Waals surface area contributed by atoms with Gasteiger partial charge in [-0.3, -0.25) is 4.18 Å². The summed E-state index contributed by atoms with van der Waals surface area (Å²) in [5.74, 6) is 0.688. The first kappa shape index (κ1) is 18.9. The molecule has 0 aliphatic rings. The van der Waals surface area contributed by atoms with Gasteiger partial charge in [0.25, 0.3) is 0 Å². The van der Waals surface area contributed by atoms with Crippen LogP contribution in [0.5, 0.6) is 11.5 Å². The fourth-order valence-electron chi connectivity index (χ4n) is 1.81. The van der Waals surface area contributed by atoms with Crippen molar-refractivity contribution in [3.05, 3.63) is 34.2 Å². The topological polar surface area (TPSA) is 115 Å². The summed E-state index contributed by atoms with van der Waals surface area (Å²) in [5, 5.41) is 0.371. The quantitative estimate of drug-likeness (QED) is 0.261. The van der Waals surface area contributed by atoms with Gasteiger partial charge in [0.1, 0.15) is 5.58 Å². The summed E-state index contributed by atoms with van der Waals surface area (Å²) in [6.45, 7) is -0.580. The number of hydrogen-bond acceptors (Lipinski definition) is 8. The van der Waals surface area contributed by atoms with Crippen LogP contribution in [0.25, 0.3) is 11.0 Å². The van der Waals surface area contributed by atoms with Gasteiger partial charge in [-0.15, -0.1) is 0 Å². The summed E-state index contributed by atoms with van der Waals surface area (Å²) in [6.07, 6.45) is 0. The minimum atomic E-state index is -4.87. The number of rotatable bonds is 5. The monoisotopic (exact) mass is 338 g/mol. The van der Waals surface area contributed by atoms with Crippen LogP contribution < -0.4 is 44.7 Å². The van der Waals surface area contributed by atoms with Crippen LogP contribution in [-0.2, 0) is 21.2 Å². The molecule has 0 bridgehead atoms. The Balaban J connectivity index is 0.00000242. The van der Waals surface area contributed by atoms with Gasteiger partial charge >= 0.3 is 35.2 Å². The zero-order valence-corrected chi connectivity index (χ0v) is 14.9. The Labute approximate surface area is 148 Å². The van der Waals surface area contributed by atoms with E-state index < -0.39 is 22.6 Å². The molecule has 0 aliphatic carbocycles. The second kappa shape index (κ2) is 7.44. The Hall–Kier alpha value is -1.10. The maximum Gasteiger partial charge on any atom is 1.00 e. The van der Waals surface area contributed by atoms with Gasteiger partial charge in [-0.1, -0.05) is 0 Å². The number of hydrogen-bond donors (Lipinski definition) is 0. The Bertz CT molecular complexity index is 827. The third-order valence-corrected chi connectivity index (χ3v) is 3.10. The molecule has 1 heterocycles. The number of benzene rings is 1. The van der Waals surface area contributed by atoms with Crippen LogP contribution in [0.15, 0.2) is 27.4 Å². The third kappa shape index (κ3) is 4.45. The first-order valence-corrected chi connectivity index (χ1v) is 6.96. The molecule has 1 aromatic carbocycles. The van der Waals surface area contributed by atoms with E-state index in [4.69, 9.17) is 13.9 Å². The van der Waals surface area contributed by atoms with Gasteiger partial charge in [0.05, 0.1) is 20.8 Å². The normalized spacial score (nSPS) is 11.0. The molecule has 1 aromatic heterocycles. The average molecular weight is 338 g/mol. The van der Waals surface area contributed by atoms with Crippen molar-refractivity contribution in [3.63, 3.8) is 0 Å². The standard InChI is InChI=1S/C12H12O8S.Na/c1-17-10-4-8-7(6-19-21(14,15)16)3-12(13)20-9(8)5-11(10)18-2;/h3-5H,6H2,1-2H3,(H,14,15,16);/q;+1/p-1. The molecule has 22 heavy (non-hydrogen) atoms. The predicted octanol–water partition coefficient (Wildman–Crippen LogP) is -2.21. The van der Waals surface area contributed by atoms with E-state index in [0.717, 1.165) is 6.07 Å². The van der Waals surface area contributed by atoms with Crippen LogP contribution in [0.1, 0.15) is 5.56 Å². The Morgan fingerprint density at radius 1 is 1.14 bits per heavy atom. The summed E-state index contributed by atoms with van der Waals surface area (Å²) in [5.41, 5.74) is -0.375. The minimum Gasteiger partial charge on any atom is -0.726 e. The smallest absolute Gasteiger partial charge is 0.726 e. The average Bonchev–Trinajstić information content (AvgIpc) is 2.42.